The number of rotatable bonds is 4. The normalized spacial score (nSPS) is 19.1. The van der Waals surface area contributed by atoms with Crippen molar-refractivity contribution in [3.63, 3.8) is 0 Å². The highest BCUT2D eigenvalue weighted by molar-refractivity contribution is 9.10. The van der Waals surface area contributed by atoms with Gasteiger partial charge in [0.15, 0.2) is 9.84 Å². The topological polar surface area (TPSA) is 81.1 Å². The van der Waals surface area contributed by atoms with E-state index >= 15 is 0 Å². The number of aromatic nitrogens is 2. The molecule has 1 aromatic heterocycles. The summed E-state index contributed by atoms with van der Waals surface area (Å²) in [5.41, 5.74) is 3.45. The van der Waals surface area contributed by atoms with Crippen molar-refractivity contribution in [1.82, 2.24) is 15.1 Å². The van der Waals surface area contributed by atoms with Crippen LogP contribution in [0.3, 0.4) is 0 Å². The Morgan fingerprint density at radius 1 is 1.40 bits per heavy atom. The maximum absolute atomic E-state index is 12.4. The number of hydrogen-bond donors (Lipinski definition) is 1. The number of nitrogens with zero attached hydrogens (tertiary/aromatic N) is 2. The van der Waals surface area contributed by atoms with Crippen LogP contribution in [0.1, 0.15) is 33.7 Å². The lowest BCUT2D eigenvalue weighted by Crippen LogP contribution is -2.35. The summed E-state index contributed by atoms with van der Waals surface area (Å²) in [4.78, 5) is 12.4. The summed E-state index contributed by atoms with van der Waals surface area (Å²) in [5, 5.41) is 7.30. The minimum Gasteiger partial charge on any atom is -0.348 e. The summed E-state index contributed by atoms with van der Waals surface area (Å²) >= 11 is 3.51. The molecule has 1 amide bonds. The Hall–Kier alpha value is -1.67. The molecule has 0 saturated carbocycles. The van der Waals surface area contributed by atoms with E-state index in [4.69, 9.17) is 0 Å². The Bertz CT molecular complexity index is 921. The minimum atomic E-state index is -3.01. The summed E-state index contributed by atoms with van der Waals surface area (Å²) in [7, 11) is -3.01. The average molecular weight is 426 g/mol. The summed E-state index contributed by atoms with van der Waals surface area (Å²) in [6.45, 7) is 4.49. The van der Waals surface area contributed by atoms with Crippen LogP contribution in [-0.2, 0) is 16.4 Å². The maximum Gasteiger partial charge on any atom is 0.251 e. The SMILES string of the molecule is Cc1nn(Cc2cccc(C(=O)NC3CCS(=O)(=O)C3)c2)c(C)c1Br. The van der Waals surface area contributed by atoms with E-state index in [-0.39, 0.29) is 23.5 Å². The summed E-state index contributed by atoms with van der Waals surface area (Å²) in [6.07, 6.45) is 0.480. The predicted molar refractivity (Wildman–Crippen MR) is 99.5 cm³/mol. The molecule has 134 valence electrons. The number of amides is 1. The first-order valence-corrected chi connectivity index (χ1v) is 10.7. The molecule has 25 heavy (non-hydrogen) atoms. The van der Waals surface area contributed by atoms with E-state index in [1.165, 1.54) is 0 Å². The molecule has 8 heteroatoms. The molecule has 6 nitrogen and oxygen atoms in total. The largest absolute Gasteiger partial charge is 0.348 e. The molecule has 1 fully saturated rings. The zero-order chi connectivity index (χ0) is 18.2. The van der Waals surface area contributed by atoms with E-state index in [9.17, 15) is 13.2 Å². The van der Waals surface area contributed by atoms with Crippen LogP contribution >= 0.6 is 15.9 Å². The lowest BCUT2D eigenvalue weighted by Gasteiger charge is -2.12. The standard InChI is InChI=1S/C17H20BrN3O3S/c1-11-16(18)12(2)21(20-11)9-13-4-3-5-14(8-13)17(22)19-15-6-7-25(23,24)10-15/h3-5,8,15H,6-7,9-10H2,1-2H3,(H,19,22). The van der Waals surface area contributed by atoms with E-state index < -0.39 is 9.84 Å². The van der Waals surface area contributed by atoms with Gasteiger partial charge in [-0.3, -0.25) is 9.48 Å². The van der Waals surface area contributed by atoms with E-state index in [0.717, 1.165) is 21.4 Å². The van der Waals surface area contributed by atoms with Crippen LogP contribution in [0.15, 0.2) is 28.7 Å². The molecule has 2 heterocycles. The fraction of sp³-hybridized carbons (Fsp3) is 0.412. The average Bonchev–Trinajstić information content (AvgIpc) is 3.02. The number of sulfone groups is 1. The molecule has 0 aliphatic carbocycles. The van der Waals surface area contributed by atoms with Crippen molar-refractivity contribution in [2.45, 2.75) is 32.9 Å². The van der Waals surface area contributed by atoms with Crippen LogP contribution in [-0.4, -0.2) is 41.7 Å². The summed E-state index contributed by atoms with van der Waals surface area (Å²) in [5.74, 6) is -0.0679. The third-order valence-electron chi connectivity index (χ3n) is 4.38. The highest BCUT2D eigenvalue weighted by Crippen LogP contribution is 2.21. The van der Waals surface area contributed by atoms with Gasteiger partial charge in [-0.1, -0.05) is 12.1 Å². The van der Waals surface area contributed by atoms with Crippen molar-refractivity contribution < 1.29 is 13.2 Å². The van der Waals surface area contributed by atoms with Gasteiger partial charge in [0.05, 0.1) is 33.9 Å². The van der Waals surface area contributed by atoms with Crippen molar-refractivity contribution >= 4 is 31.7 Å². The fourth-order valence-electron chi connectivity index (χ4n) is 2.99. The molecular formula is C17H20BrN3O3S. The molecule has 1 aliphatic heterocycles. The fourth-order valence-corrected chi connectivity index (χ4v) is 4.95. The zero-order valence-electron chi connectivity index (χ0n) is 14.1. The predicted octanol–water partition coefficient (Wildman–Crippen LogP) is 2.23. The molecule has 0 radical (unpaired) electrons. The summed E-state index contributed by atoms with van der Waals surface area (Å²) in [6, 6.07) is 7.04. The molecule has 3 rings (SSSR count). The van der Waals surface area contributed by atoms with Gasteiger partial charge >= 0.3 is 0 Å². The van der Waals surface area contributed by atoms with Crippen LogP contribution in [0.2, 0.25) is 0 Å². The van der Waals surface area contributed by atoms with Crippen molar-refractivity contribution in [3.05, 3.63) is 51.3 Å². The lowest BCUT2D eigenvalue weighted by molar-refractivity contribution is 0.0941. The number of carbonyl (C=O) groups is 1. The first-order valence-electron chi connectivity index (χ1n) is 8.05. The molecule has 1 saturated heterocycles. The molecule has 2 aromatic rings. The molecule has 1 aliphatic rings. The van der Waals surface area contributed by atoms with E-state index in [1.807, 2.05) is 36.7 Å². The van der Waals surface area contributed by atoms with Crippen LogP contribution in [0.4, 0.5) is 0 Å². The Morgan fingerprint density at radius 2 is 2.16 bits per heavy atom. The second-order valence-electron chi connectivity index (χ2n) is 6.42. The summed E-state index contributed by atoms with van der Waals surface area (Å²) < 4.78 is 25.9. The van der Waals surface area contributed by atoms with E-state index in [2.05, 4.69) is 26.3 Å². The molecule has 1 aromatic carbocycles. The number of halogens is 1. The maximum atomic E-state index is 12.4. The Balaban J connectivity index is 1.72. The second kappa shape index (κ2) is 6.92. The van der Waals surface area contributed by atoms with Gasteiger partial charge in [-0.15, -0.1) is 0 Å². The van der Waals surface area contributed by atoms with Crippen LogP contribution < -0.4 is 5.32 Å². The number of carbonyl (C=O) groups excluding carboxylic acids is 1. The van der Waals surface area contributed by atoms with E-state index in [0.29, 0.717) is 18.5 Å². The minimum absolute atomic E-state index is 0.0260. The van der Waals surface area contributed by atoms with Gasteiger partial charge < -0.3 is 5.32 Å². The third-order valence-corrected chi connectivity index (χ3v) is 7.30. The quantitative estimate of drug-likeness (QED) is 0.813. The molecule has 1 unspecified atom stereocenters. The highest BCUT2D eigenvalue weighted by Gasteiger charge is 2.29. The van der Waals surface area contributed by atoms with Gasteiger partial charge in [0.2, 0.25) is 0 Å². The monoisotopic (exact) mass is 425 g/mol. The van der Waals surface area contributed by atoms with Gasteiger partial charge in [0.25, 0.3) is 5.91 Å². The molecule has 1 N–H and O–H groups in total. The third kappa shape index (κ3) is 4.12. The van der Waals surface area contributed by atoms with Gasteiger partial charge in [-0.25, -0.2) is 8.42 Å². The van der Waals surface area contributed by atoms with Crippen LogP contribution in [0.5, 0.6) is 0 Å². The van der Waals surface area contributed by atoms with Crippen molar-refractivity contribution in [2.24, 2.45) is 0 Å². The molecule has 1 atom stereocenters. The van der Waals surface area contributed by atoms with Crippen molar-refractivity contribution in [1.29, 1.82) is 0 Å². The molecule has 0 bridgehead atoms. The zero-order valence-corrected chi connectivity index (χ0v) is 16.5. The number of benzene rings is 1. The van der Waals surface area contributed by atoms with Gasteiger partial charge in [-0.05, 0) is 53.9 Å². The van der Waals surface area contributed by atoms with Gasteiger partial charge in [-0.2, -0.15) is 5.10 Å². The van der Waals surface area contributed by atoms with Gasteiger partial charge in [0.1, 0.15) is 0 Å². The highest BCUT2D eigenvalue weighted by atomic mass is 79.9. The number of nitrogens with one attached hydrogen (secondary N) is 1. The Morgan fingerprint density at radius 3 is 2.76 bits per heavy atom. The van der Waals surface area contributed by atoms with Gasteiger partial charge in [0, 0.05) is 11.6 Å². The van der Waals surface area contributed by atoms with Crippen LogP contribution in [0.25, 0.3) is 0 Å². The lowest BCUT2D eigenvalue weighted by atomic mass is 10.1. The Kier molecular flexibility index (Phi) is 5.02. The van der Waals surface area contributed by atoms with E-state index in [1.54, 1.807) is 6.07 Å². The second-order valence-corrected chi connectivity index (χ2v) is 9.44. The van der Waals surface area contributed by atoms with Crippen molar-refractivity contribution in [2.75, 3.05) is 11.5 Å². The Labute approximate surface area is 155 Å². The van der Waals surface area contributed by atoms with Crippen molar-refractivity contribution in [3.8, 4) is 0 Å². The molecule has 0 spiro atoms. The smallest absolute Gasteiger partial charge is 0.251 e. The number of hydrogen-bond acceptors (Lipinski definition) is 4. The molecular weight excluding hydrogens is 406 g/mol. The first kappa shape index (κ1) is 18.1. The number of aryl methyl sites for hydroxylation is 1. The van der Waals surface area contributed by atoms with Crippen LogP contribution in [0, 0.1) is 13.8 Å². The first-order chi connectivity index (χ1) is 11.7.